The van der Waals surface area contributed by atoms with Gasteiger partial charge in [-0.1, -0.05) is 19.9 Å². The molecule has 2 rings (SSSR count). The number of aliphatic imine (C=N–C) groups is 1. The van der Waals surface area contributed by atoms with Crippen LogP contribution in [0.15, 0.2) is 29.5 Å². The number of guanidine groups is 1. The summed E-state index contributed by atoms with van der Waals surface area (Å²) in [7, 11) is 0. The number of piperidine rings is 1. The highest BCUT2D eigenvalue weighted by molar-refractivity contribution is 14.0. The molecule has 1 unspecified atom stereocenters. The summed E-state index contributed by atoms with van der Waals surface area (Å²) >= 11 is 0. The number of nitrogens with one attached hydrogen (secondary N) is 1. The van der Waals surface area contributed by atoms with E-state index in [1.807, 2.05) is 19.2 Å². The number of aromatic nitrogens is 1. The van der Waals surface area contributed by atoms with Gasteiger partial charge in [0.25, 0.3) is 0 Å². The molecule has 1 aliphatic heterocycles. The Morgan fingerprint density at radius 3 is 2.70 bits per heavy atom. The fourth-order valence-corrected chi connectivity index (χ4v) is 3.17. The molecule has 2 heterocycles. The number of ether oxygens (including phenoxy) is 1. The quantitative estimate of drug-likeness (QED) is 0.364. The van der Waals surface area contributed by atoms with E-state index in [2.05, 4.69) is 35.2 Å². The highest BCUT2D eigenvalue weighted by atomic mass is 127. The second-order valence-electron chi connectivity index (χ2n) is 6.97. The molecule has 0 bridgehead atoms. The first-order chi connectivity index (χ1) is 12.5. The molecular formula is C19H32IN5O2. The third-order valence-electron chi connectivity index (χ3n) is 4.75. The SMILES string of the molecule is CCOC(=O)N1CCC(NC(N)=NCC(c2cccnc2)C(C)C)CC1.I. The van der Waals surface area contributed by atoms with E-state index >= 15 is 0 Å². The molecule has 1 aromatic rings. The van der Waals surface area contributed by atoms with Gasteiger partial charge in [-0.15, -0.1) is 24.0 Å². The molecule has 3 N–H and O–H groups in total. The molecule has 1 atom stereocenters. The largest absolute Gasteiger partial charge is 0.450 e. The van der Waals surface area contributed by atoms with E-state index in [0.29, 0.717) is 38.1 Å². The summed E-state index contributed by atoms with van der Waals surface area (Å²) < 4.78 is 5.04. The van der Waals surface area contributed by atoms with Crippen LogP contribution in [0.2, 0.25) is 0 Å². The number of halogens is 1. The van der Waals surface area contributed by atoms with E-state index in [0.717, 1.165) is 12.8 Å². The number of pyridine rings is 1. The maximum atomic E-state index is 11.7. The van der Waals surface area contributed by atoms with Gasteiger partial charge in [0.1, 0.15) is 0 Å². The van der Waals surface area contributed by atoms with Crippen LogP contribution in [0.25, 0.3) is 0 Å². The van der Waals surface area contributed by atoms with E-state index < -0.39 is 0 Å². The summed E-state index contributed by atoms with van der Waals surface area (Å²) in [6.07, 6.45) is 5.12. The van der Waals surface area contributed by atoms with E-state index in [4.69, 9.17) is 10.5 Å². The maximum Gasteiger partial charge on any atom is 0.409 e. The van der Waals surface area contributed by atoms with Crippen LogP contribution < -0.4 is 11.1 Å². The Morgan fingerprint density at radius 1 is 1.44 bits per heavy atom. The van der Waals surface area contributed by atoms with Crippen LogP contribution in [-0.2, 0) is 4.74 Å². The number of hydrogen-bond donors (Lipinski definition) is 2. The van der Waals surface area contributed by atoms with Crippen molar-refractivity contribution in [3.05, 3.63) is 30.1 Å². The fraction of sp³-hybridized carbons (Fsp3) is 0.632. The molecule has 1 saturated heterocycles. The highest BCUT2D eigenvalue weighted by Crippen LogP contribution is 2.23. The average Bonchev–Trinajstić information content (AvgIpc) is 2.63. The number of nitrogens with two attached hydrogens (primary N) is 1. The molecule has 1 aliphatic rings. The molecule has 0 radical (unpaired) electrons. The molecule has 1 fully saturated rings. The van der Waals surface area contributed by atoms with Crippen LogP contribution in [0.3, 0.4) is 0 Å². The monoisotopic (exact) mass is 489 g/mol. The van der Waals surface area contributed by atoms with Crippen LogP contribution >= 0.6 is 24.0 Å². The summed E-state index contributed by atoms with van der Waals surface area (Å²) in [5, 5.41) is 3.29. The number of carbonyl (C=O) groups excluding carboxylic acids is 1. The van der Waals surface area contributed by atoms with Crippen LogP contribution in [0.5, 0.6) is 0 Å². The molecule has 7 nitrogen and oxygen atoms in total. The third-order valence-corrected chi connectivity index (χ3v) is 4.75. The number of hydrogen-bond acceptors (Lipinski definition) is 4. The van der Waals surface area contributed by atoms with Gasteiger partial charge in [0.05, 0.1) is 6.61 Å². The fourth-order valence-electron chi connectivity index (χ4n) is 3.17. The molecule has 1 amide bonds. The van der Waals surface area contributed by atoms with Gasteiger partial charge in [-0.25, -0.2) is 4.79 Å². The van der Waals surface area contributed by atoms with Gasteiger partial charge in [0, 0.05) is 44.0 Å². The topological polar surface area (TPSA) is 92.8 Å². The molecule has 0 aromatic carbocycles. The minimum atomic E-state index is -0.233. The van der Waals surface area contributed by atoms with E-state index in [-0.39, 0.29) is 42.0 Å². The van der Waals surface area contributed by atoms with Gasteiger partial charge in [0.2, 0.25) is 0 Å². The molecule has 0 aliphatic carbocycles. The van der Waals surface area contributed by atoms with Crippen LogP contribution in [-0.4, -0.2) is 54.2 Å². The lowest BCUT2D eigenvalue weighted by Gasteiger charge is -2.31. The Bertz CT molecular complexity index is 589. The van der Waals surface area contributed by atoms with Crippen LogP contribution in [0.4, 0.5) is 4.79 Å². The third kappa shape index (κ3) is 7.51. The van der Waals surface area contributed by atoms with Crippen molar-refractivity contribution in [2.24, 2.45) is 16.6 Å². The molecular weight excluding hydrogens is 457 g/mol. The lowest BCUT2D eigenvalue weighted by molar-refractivity contribution is 0.0963. The Kier molecular flexibility index (Phi) is 10.4. The van der Waals surface area contributed by atoms with Gasteiger partial charge in [-0.2, -0.15) is 0 Å². The zero-order chi connectivity index (χ0) is 18.9. The molecule has 27 heavy (non-hydrogen) atoms. The number of amides is 1. The van der Waals surface area contributed by atoms with Crippen LogP contribution in [0, 0.1) is 5.92 Å². The minimum absolute atomic E-state index is 0. The minimum Gasteiger partial charge on any atom is -0.450 e. The first-order valence-electron chi connectivity index (χ1n) is 9.39. The summed E-state index contributed by atoms with van der Waals surface area (Å²) in [5.74, 6) is 1.20. The van der Waals surface area contributed by atoms with Gasteiger partial charge < -0.3 is 20.7 Å². The smallest absolute Gasteiger partial charge is 0.409 e. The van der Waals surface area contributed by atoms with Gasteiger partial charge in [-0.3, -0.25) is 9.98 Å². The molecule has 152 valence electrons. The normalized spacial score (nSPS) is 16.6. The van der Waals surface area contributed by atoms with Crippen molar-refractivity contribution in [1.82, 2.24) is 15.2 Å². The second-order valence-corrected chi connectivity index (χ2v) is 6.97. The number of carbonyl (C=O) groups is 1. The van der Waals surface area contributed by atoms with Crippen molar-refractivity contribution in [2.45, 2.75) is 45.6 Å². The predicted octanol–water partition coefficient (Wildman–Crippen LogP) is 2.96. The lowest BCUT2D eigenvalue weighted by Crippen LogP contribution is -2.48. The second kappa shape index (κ2) is 12.0. The van der Waals surface area contributed by atoms with E-state index in [1.165, 1.54) is 5.56 Å². The van der Waals surface area contributed by atoms with Gasteiger partial charge in [0.15, 0.2) is 5.96 Å². The van der Waals surface area contributed by atoms with E-state index in [1.54, 1.807) is 11.1 Å². The zero-order valence-electron chi connectivity index (χ0n) is 16.4. The summed E-state index contributed by atoms with van der Waals surface area (Å²) in [4.78, 5) is 22.2. The predicted molar refractivity (Wildman–Crippen MR) is 118 cm³/mol. The Balaban J connectivity index is 0.00000364. The van der Waals surface area contributed by atoms with Crippen molar-refractivity contribution in [1.29, 1.82) is 0 Å². The zero-order valence-corrected chi connectivity index (χ0v) is 18.8. The summed E-state index contributed by atoms with van der Waals surface area (Å²) in [6, 6.07) is 4.27. The lowest BCUT2D eigenvalue weighted by atomic mass is 9.89. The highest BCUT2D eigenvalue weighted by Gasteiger charge is 2.24. The standard InChI is InChI=1S/C19H31N5O2.HI/c1-4-26-19(25)24-10-7-16(8-11-24)23-18(20)22-13-17(14(2)3)15-6-5-9-21-12-15;/h5-6,9,12,14,16-17H,4,7-8,10-11,13H2,1-3H3,(H3,20,22,23);1H. The molecule has 0 spiro atoms. The van der Waals surface area contributed by atoms with Crippen molar-refractivity contribution in [3.8, 4) is 0 Å². The Hall–Kier alpha value is -1.58. The van der Waals surface area contributed by atoms with Crippen LogP contribution in [0.1, 0.15) is 45.1 Å². The number of likely N-dealkylation sites (tertiary alicyclic amines) is 1. The summed E-state index contributed by atoms with van der Waals surface area (Å²) in [6.45, 7) is 8.57. The van der Waals surface area contributed by atoms with Crippen molar-refractivity contribution < 1.29 is 9.53 Å². The number of nitrogens with zero attached hydrogens (tertiary/aromatic N) is 3. The summed E-state index contributed by atoms with van der Waals surface area (Å²) in [5.41, 5.74) is 7.27. The first kappa shape index (κ1) is 23.5. The Labute approximate surface area is 179 Å². The first-order valence-corrected chi connectivity index (χ1v) is 9.39. The molecule has 8 heteroatoms. The molecule has 0 saturated carbocycles. The number of rotatable bonds is 6. The average molecular weight is 489 g/mol. The van der Waals surface area contributed by atoms with E-state index in [9.17, 15) is 4.79 Å². The Morgan fingerprint density at radius 2 is 2.15 bits per heavy atom. The molecule has 1 aromatic heterocycles. The van der Waals surface area contributed by atoms with Gasteiger partial charge in [-0.05, 0) is 37.3 Å². The maximum absolute atomic E-state index is 11.7. The van der Waals surface area contributed by atoms with Crippen molar-refractivity contribution in [3.63, 3.8) is 0 Å². The van der Waals surface area contributed by atoms with Crippen molar-refractivity contribution >= 4 is 36.0 Å². The van der Waals surface area contributed by atoms with Gasteiger partial charge >= 0.3 is 6.09 Å². The van der Waals surface area contributed by atoms with Crippen molar-refractivity contribution in [2.75, 3.05) is 26.2 Å².